The van der Waals surface area contributed by atoms with Gasteiger partial charge in [-0.05, 0) is 38.3 Å². The second kappa shape index (κ2) is 7.95. The molecule has 1 aromatic carbocycles. The molecule has 0 saturated carbocycles. The number of hydrogen-bond acceptors (Lipinski definition) is 2. The first-order valence-electron chi connectivity index (χ1n) is 7.09. The Hall–Kier alpha value is -1.35. The predicted octanol–water partition coefficient (Wildman–Crippen LogP) is 2.51. The van der Waals surface area contributed by atoms with Gasteiger partial charge in [-0.25, -0.2) is 0 Å². The van der Waals surface area contributed by atoms with E-state index in [1.165, 1.54) is 11.1 Å². The average Bonchev–Trinajstić information content (AvgIpc) is 2.43. The summed E-state index contributed by atoms with van der Waals surface area (Å²) < 4.78 is 0. The second-order valence-electron chi connectivity index (χ2n) is 5.15. The lowest BCUT2D eigenvalue weighted by Gasteiger charge is -2.27. The molecule has 1 aromatic rings. The molecule has 106 valence electrons. The van der Waals surface area contributed by atoms with Crippen molar-refractivity contribution in [1.82, 2.24) is 4.90 Å². The lowest BCUT2D eigenvalue weighted by Crippen LogP contribution is -2.38. The molecule has 0 aromatic heterocycles. The van der Waals surface area contributed by atoms with Gasteiger partial charge in [0.2, 0.25) is 5.91 Å². The zero-order valence-electron chi connectivity index (χ0n) is 12.4. The maximum absolute atomic E-state index is 12.0. The third-order valence-corrected chi connectivity index (χ3v) is 3.60. The first-order valence-corrected chi connectivity index (χ1v) is 7.09. The van der Waals surface area contributed by atoms with Gasteiger partial charge in [0.1, 0.15) is 0 Å². The number of nitrogens with zero attached hydrogens (tertiary/aromatic N) is 1. The van der Waals surface area contributed by atoms with Crippen LogP contribution in [0.15, 0.2) is 24.3 Å². The van der Waals surface area contributed by atoms with Crippen LogP contribution in [0.5, 0.6) is 0 Å². The first kappa shape index (κ1) is 15.7. The van der Waals surface area contributed by atoms with Gasteiger partial charge in [0.05, 0.1) is 0 Å². The van der Waals surface area contributed by atoms with E-state index in [0.717, 1.165) is 19.3 Å². The van der Waals surface area contributed by atoms with Gasteiger partial charge in [0, 0.05) is 19.5 Å². The van der Waals surface area contributed by atoms with Crippen molar-refractivity contribution >= 4 is 5.91 Å². The van der Waals surface area contributed by atoms with Crippen LogP contribution in [0.4, 0.5) is 0 Å². The zero-order valence-corrected chi connectivity index (χ0v) is 12.4. The third-order valence-electron chi connectivity index (χ3n) is 3.60. The molecule has 0 radical (unpaired) electrons. The van der Waals surface area contributed by atoms with Gasteiger partial charge in [-0.2, -0.15) is 0 Å². The van der Waals surface area contributed by atoms with Crippen molar-refractivity contribution in [2.45, 2.75) is 45.6 Å². The fraction of sp³-hybridized carbons (Fsp3) is 0.562. The molecular formula is C16H26N2O. The summed E-state index contributed by atoms with van der Waals surface area (Å²) in [5.74, 6) is 0.199. The monoisotopic (exact) mass is 262 g/mol. The number of aryl methyl sites for hydroxylation is 1. The molecule has 0 spiro atoms. The van der Waals surface area contributed by atoms with Crippen LogP contribution in [0.1, 0.15) is 37.3 Å². The van der Waals surface area contributed by atoms with Crippen LogP contribution in [-0.2, 0) is 11.2 Å². The predicted molar refractivity (Wildman–Crippen MR) is 80.0 cm³/mol. The summed E-state index contributed by atoms with van der Waals surface area (Å²) in [6, 6.07) is 8.82. The van der Waals surface area contributed by atoms with Gasteiger partial charge in [0.15, 0.2) is 0 Å². The van der Waals surface area contributed by atoms with E-state index in [1.807, 2.05) is 11.9 Å². The SMILES string of the molecule is CCC(Cc1ccc(C)cc1)N(C)C(=O)CCCN. The molecule has 1 amide bonds. The lowest BCUT2D eigenvalue weighted by molar-refractivity contribution is -0.132. The van der Waals surface area contributed by atoms with Gasteiger partial charge in [0.25, 0.3) is 0 Å². The molecule has 19 heavy (non-hydrogen) atoms. The van der Waals surface area contributed by atoms with Gasteiger partial charge in [-0.15, -0.1) is 0 Å². The summed E-state index contributed by atoms with van der Waals surface area (Å²) in [5, 5.41) is 0. The second-order valence-corrected chi connectivity index (χ2v) is 5.15. The van der Waals surface area contributed by atoms with Crippen molar-refractivity contribution in [1.29, 1.82) is 0 Å². The number of carbonyl (C=O) groups is 1. The quantitative estimate of drug-likeness (QED) is 0.820. The highest BCUT2D eigenvalue weighted by Gasteiger charge is 2.18. The molecule has 3 nitrogen and oxygen atoms in total. The van der Waals surface area contributed by atoms with E-state index in [2.05, 4.69) is 38.1 Å². The van der Waals surface area contributed by atoms with E-state index in [0.29, 0.717) is 13.0 Å². The Kier molecular flexibility index (Phi) is 6.57. The number of rotatable bonds is 7. The Balaban J connectivity index is 2.61. The Morgan fingerprint density at radius 3 is 2.47 bits per heavy atom. The Morgan fingerprint density at radius 2 is 1.95 bits per heavy atom. The van der Waals surface area contributed by atoms with E-state index in [9.17, 15) is 4.79 Å². The van der Waals surface area contributed by atoms with E-state index < -0.39 is 0 Å². The van der Waals surface area contributed by atoms with Crippen LogP contribution < -0.4 is 5.73 Å². The zero-order chi connectivity index (χ0) is 14.3. The minimum Gasteiger partial charge on any atom is -0.342 e. The van der Waals surface area contributed by atoms with Gasteiger partial charge in [-0.1, -0.05) is 36.8 Å². The molecular weight excluding hydrogens is 236 g/mol. The van der Waals surface area contributed by atoms with Crippen molar-refractivity contribution in [3.63, 3.8) is 0 Å². The van der Waals surface area contributed by atoms with E-state index in [1.54, 1.807) is 0 Å². The summed E-state index contributed by atoms with van der Waals surface area (Å²) >= 11 is 0. The minimum atomic E-state index is 0.199. The van der Waals surface area contributed by atoms with E-state index in [4.69, 9.17) is 5.73 Å². The highest BCUT2D eigenvalue weighted by molar-refractivity contribution is 5.76. The van der Waals surface area contributed by atoms with E-state index in [-0.39, 0.29) is 11.9 Å². The largest absolute Gasteiger partial charge is 0.342 e. The normalized spacial score (nSPS) is 12.2. The van der Waals surface area contributed by atoms with Crippen LogP contribution in [0.3, 0.4) is 0 Å². The lowest BCUT2D eigenvalue weighted by atomic mass is 10.0. The third kappa shape index (κ3) is 5.03. The van der Waals surface area contributed by atoms with Crippen LogP contribution in [-0.4, -0.2) is 30.4 Å². The Bertz CT molecular complexity index is 386. The Labute approximate surface area is 116 Å². The molecule has 2 N–H and O–H groups in total. The van der Waals surface area contributed by atoms with Crippen molar-refractivity contribution < 1.29 is 4.79 Å². The van der Waals surface area contributed by atoms with Crippen LogP contribution >= 0.6 is 0 Å². The molecule has 0 saturated heterocycles. The molecule has 0 fully saturated rings. The highest BCUT2D eigenvalue weighted by atomic mass is 16.2. The van der Waals surface area contributed by atoms with Crippen LogP contribution in [0.2, 0.25) is 0 Å². The van der Waals surface area contributed by atoms with Crippen molar-refractivity contribution in [3.05, 3.63) is 35.4 Å². The number of amides is 1. The highest BCUT2D eigenvalue weighted by Crippen LogP contribution is 2.13. The topological polar surface area (TPSA) is 46.3 Å². The first-order chi connectivity index (χ1) is 9.08. The maximum Gasteiger partial charge on any atom is 0.222 e. The molecule has 0 heterocycles. The Morgan fingerprint density at radius 1 is 1.32 bits per heavy atom. The molecule has 0 aliphatic rings. The number of nitrogens with two attached hydrogens (primary N) is 1. The summed E-state index contributed by atoms with van der Waals surface area (Å²) in [7, 11) is 1.90. The summed E-state index contributed by atoms with van der Waals surface area (Å²) in [6.45, 7) is 4.80. The van der Waals surface area contributed by atoms with E-state index >= 15 is 0 Å². The number of hydrogen-bond donors (Lipinski definition) is 1. The maximum atomic E-state index is 12.0. The van der Waals surface area contributed by atoms with Gasteiger partial charge >= 0.3 is 0 Å². The standard InChI is InChI=1S/C16H26N2O/c1-4-15(18(3)16(19)6-5-11-17)12-14-9-7-13(2)8-10-14/h7-10,15H,4-6,11-12,17H2,1-3H3. The molecule has 0 aliphatic carbocycles. The van der Waals surface area contributed by atoms with Crippen LogP contribution in [0, 0.1) is 6.92 Å². The van der Waals surface area contributed by atoms with Crippen LogP contribution in [0.25, 0.3) is 0 Å². The molecule has 1 unspecified atom stereocenters. The molecule has 0 bridgehead atoms. The van der Waals surface area contributed by atoms with Crippen molar-refractivity contribution in [2.24, 2.45) is 5.73 Å². The van der Waals surface area contributed by atoms with Gasteiger partial charge in [-0.3, -0.25) is 4.79 Å². The van der Waals surface area contributed by atoms with Gasteiger partial charge < -0.3 is 10.6 Å². The average molecular weight is 262 g/mol. The smallest absolute Gasteiger partial charge is 0.222 e. The summed E-state index contributed by atoms with van der Waals surface area (Å²) in [6.07, 6.45) is 3.21. The molecule has 0 aliphatic heterocycles. The van der Waals surface area contributed by atoms with Crippen molar-refractivity contribution in [3.8, 4) is 0 Å². The summed E-state index contributed by atoms with van der Waals surface area (Å²) in [4.78, 5) is 13.9. The molecule has 1 rings (SSSR count). The summed E-state index contributed by atoms with van der Waals surface area (Å²) in [5.41, 5.74) is 8.01. The number of benzene rings is 1. The van der Waals surface area contributed by atoms with Crippen molar-refractivity contribution in [2.75, 3.05) is 13.6 Å². The molecule has 3 heteroatoms. The fourth-order valence-corrected chi connectivity index (χ4v) is 2.18. The fourth-order valence-electron chi connectivity index (χ4n) is 2.18. The minimum absolute atomic E-state index is 0.199. The number of likely N-dealkylation sites (N-methyl/N-ethyl adjacent to an activating group) is 1. The molecule has 1 atom stereocenters. The number of carbonyl (C=O) groups excluding carboxylic acids is 1.